The van der Waals surface area contributed by atoms with E-state index in [-0.39, 0.29) is 5.97 Å². The van der Waals surface area contributed by atoms with Gasteiger partial charge in [-0.05, 0) is 32.5 Å². The van der Waals surface area contributed by atoms with Gasteiger partial charge in [0, 0.05) is 17.1 Å². The van der Waals surface area contributed by atoms with Crippen molar-refractivity contribution in [1.82, 2.24) is 5.32 Å². The van der Waals surface area contributed by atoms with Crippen molar-refractivity contribution in [1.29, 1.82) is 0 Å². The Morgan fingerprint density at radius 1 is 1.42 bits per heavy atom. The fraction of sp³-hybridized carbons (Fsp3) is 0.500. The zero-order valence-electron chi connectivity index (χ0n) is 11.5. The largest absolute Gasteiger partial charge is 0.479 e. The number of halogens is 1. The molecule has 0 saturated carbocycles. The second-order valence-electron chi connectivity index (χ2n) is 4.01. The maximum atomic E-state index is 11.6. The zero-order valence-corrected chi connectivity index (χ0v) is 12.3. The van der Waals surface area contributed by atoms with Crippen LogP contribution in [0.15, 0.2) is 18.2 Å². The third-order valence-electron chi connectivity index (χ3n) is 2.55. The van der Waals surface area contributed by atoms with Crippen molar-refractivity contribution >= 4 is 17.6 Å². The van der Waals surface area contributed by atoms with Gasteiger partial charge in [-0.25, -0.2) is 4.79 Å². The van der Waals surface area contributed by atoms with Crippen molar-refractivity contribution in [2.75, 3.05) is 13.2 Å². The number of esters is 1. The summed E-state index contributed by atoms with van der Waals surface area (Å²) in [5, 5.41) is 3.81. The number of nitrogens with one attached hydrogen (secondary N) is 1. The number of benzene rings is 1. The number of hydrogen-bond donors (Lipinski definition) is 1. The molecular formula is C14H20ClNO3. The molecule has 106 valence electrons. The van der Waals surface area contributed by atoms with E-state index in [2.05, 4.69) is 5.32 Å². The van der Waals surface area contributed by atoms with Crippen LogP contribution in [-0.4, -0.2) is 25.2 Å². The van der Waals surface area contributed by atoms with Crippen molar-refractivity contribution in [3.8, 4) is 5.75 Å². The van der Waals surface area contributed by atoms with E-state index in [1.165, 1.54) is 0 Å². The summed E-state index contributed by atoms with van der Waals surface area (Å²) in [4.78, 5) is 11.6. The zero-order chi connectivity index (χ0) is 14.3. The first-order chi connectivity index (χ1) is 9.10. The van der Waals surface area contributed by atoms with Gasteiger partial charge in [0.15, 0.2) is 6.10 Å². The van der Waals surface area contributed by atoms with E-state index in [9.17, 15) is 4.79 Å². The summed E-state index contributed by atoms with van der Waals surface area (Å²) in [5.74, 6) is 0.228. The summed E-state index contributed by atoms with van der Waals surface area (Å²) in [6.07, 6.45) is -0.654. The Kier molecular flexibility index (Phi) is 6.67. The molecule has 0 saturated heterocycles. The predicted molar refractivity (Wildman–Crippen MR) is 75.6 cm³/mol. The molecular weight excluding hydrogens is 266 g/mol. The summed E-state index contributed by atoms with van der Waals surface area (Å²) in [6, 6.07) is 5.40. The van der Waals surface area contributed by atoms with E-state index < -0.39 is 6.10 Å². The molecule has 0 spiro atoms. The van der Waals surface area contributed by atoms with Crippen LogP contribution in [0, 0.1) is 0 Å². The van der Waals surface area contributed by atoms with E-state index in [1.54, 1.807) is 32.0 Å². The Labute approximate surface area is 119 Å². The SMILES string of the molecule is CCNCc1c(Cl)cccc1OC(C)C(=O)OCC. The van der Waals surface area contributed by atoms with E-state index in [1.807, 2.05) is 6.92 Å². The lowest BCUT2D eigenvalue weighted by atomic mass is 10.2. The maximum Gasteiger partial charge on any atom is 0.347 e. The van der Waals surface area contributed by atoms with Crippen molar-refractivity contribution < 1.29 is 14.3 Å². The van der Waals surface area contributed by atoms with Crippen LogP contribution in [0.2, 0.25) is 5.02 Å². The minimum Gasteiger partial charge on any atom is -0.479 e. The second-order valence-corrected chi connectivity index (χ2v) is 4.42. The molecule has 1 N–H and O–H groups in total. The number of ether oxygens (including phenoxy) is 2. The molecule has 1 aromatic carbocycles. The van der Waals surface area contributed by atoms with E-state index >= 15 is 0 Å². The molecule has 1 atom stereocenters. The first-order valence-corrected chi connectivity index (χ1v) is 6.79. The van der Waals surface area contributed by atoms with Crippen LogP contribution < -0.4 is 10.1 Å². The van der Waals surface area contributed by atoms with Crippen LogP contribution >= 0.6 is 11.6 Å². The molecule has 4 nitrogen and oxygen atoms in total. The van der Waals surface area contributed by atoms with Crippen LogP contribution in [0.25, 0.3) is 0 Å². The van der Waals surface area contributed by atoms with Crippen LogP contribution in [0.5, 0.6) is 5.75 Å². The Balaban J connectivity index is 2.81. The molecule has 0 bridgehead atoms. The third-order valence-corrected chi connectivity index (χ3v) is 2.90. The van der Waals surface area contributed by atoms with Gasteiger partial charge in [0.05, 0.1) is 6.61 Å². The highest BCUT2D eigenvalue weighted by Crippen LogP contribution is 2.27. The second kappa shape index (κ2) is 8.02. The van der Waals surface area contributed by atoms with Gasteiger partial charge in [-0.15, -0.1) is 0 Å². The number of rotatable bonds is 7. The first-order valence-electron chi connectivity index (χ1n) is 6.41. The summed E-state index contributed by atoms with van der Waals surface area (Å²) >= 11 is 6.15. The average Bonchev–Trinajstić information content (AvgIpc) is 2.38. The number of carbonyl (C=O) groups is 1. The average molecular weight is 286 g/mol. The van der Waals surface area contributed by atoms with Crippen molar-refractivity contribution in [3.63, 3.8) is 0 Å². The number of carbonyl (C=O) groups excluding carboxylic acids is 1. The van der Waals surface area contributed by atoms with E-state index in [0.29, 0.717) is 23.9 Å². The lowest BCUT2D eigenvalue weighted by molar-refractivity contribution is -0.150. The van der Waals surface area contributed by atoms with E-state index in [4.69, 9.17) is 21.1 Å². The molecule has 0 amide bonds. The van der Waals surface area contributed by atoms with Gasteiger partial charge in [0.1, 0.15) is 5.75 Å². The summed E-state index contributed by atoms with van der Waals surface area (Å²) < 4.78 is 10.6. The fourth-order valence-corrected chi connectivity index (χ4v) is 1.80. The van der Waals surface area contributed by atoms with Crippen molar-refractivity contribution in [2.24, 2.45) is 0 Å². The van der Waals surface area contributed by atoms with Gasteiger partial charge < -0.3 is 14.8 Å². The van der Waals surface area contributed by atoms with Gasteiger partial charge >= 0.3 is 5.97 Å². The van der Waals surface area contributed by atoms with Gasteiger partial charge in [0.25, 0.3) is 0 Å². The van der Waals surface area contributed by atoms with E-state index in [0.717, 1.165) is 12.1 Å². The molecule has 0 aliphatic rings. The molecule has 0 radical (unpaired) electrons. The van der Waals surface area contributed by atoms with Crippen molar-refractivity contribution in [3.05, 3.63) is 28.8 Å². The minimum atomic E-state index is -0.654. The number of hydrogen-bond acceptors (Lipinski definition) is 4. The molecule has 0 fully saturated rings. The van der Waals surface area contributed by atoms with Crippen LogP contribution in [-0.2, 0) is 16.1 Å². The Hall–Kier alpha value is -1.26. The standard InChI is InChI=1S/C14H20ClNO3/c1-4-16-9-11-12(15)7-6-8-13(11)19-10(3)14(17)18-5-2/h6-8,10,16H,4-5,9H2,1-3H3. The summed E-state index contributed by atoms with van der Waals surface area (Å²) in [7, 11) is 0. The van der Waals surface area contributed by atoms with Crippen LogP contribution in [0.1, 0.15) is 26.3 Å². The predicted octanol–water partition coefficient (Wildman–Crippen LogP) is 2.78. The summed E-state index contributed by atoms with van der Waals surface area (Å²) in [6.45, 7) is 7.21. The molecule has 19 heavy (non-hydrogen) atoms. The highest BCUT2D eigenvalue weighted by Gasteiger charge is 2.18. The maximum absolute atomic E-state index is 11.6. The third kappa shape index (κ3) is 4.73. The smallest absolute Gasteiger partial charge is 0.347 e. The molecule has 1 unspecified atom stereocenters. The highest BCUT2D eigenvalue weighted by atomic mass is 35.5. The Morgan fingerprint density at radius 2 is 2.16 bits per heavy atom. The Morgan fingerprint density at radius 3 is 2.79 bits per heavy atom. The monoisotopic (exact) mass is 285 g/mol. The fourth-order valence-electron chi connectivity index (χ4n) is 1.57. The van der Waals surface area contributed by atoms with Gasteiger partial charge in [-0.2, -0.15) is 0 Å². The molecule has 0 heterocycles. The van der Waals surface area contributed by atoms with Crippen LogP contribution in [0.4, 0.5) is 0 Å². The Bertz CT molecular complexity index is 423. The molecule has 5 heteroatoms. The lowest BCUT2D eigenvalue weighted by Gasteiger charge is -2.17. The minimum absolute atomic E-state index is 0.340. The van der Waals surface area contributed by atoms with Crippen LogP contribution in [0.3, 0.4) is 0 Å². The van der Waals surface area contributed by atoms with Gasteiger partial charge in [0.2, 0.25) is 0 Å². The normalized spacial score (nSPS) is 12.0. The van der Waals surface area contributed by atoms with Gasteiger partial charge in [-0.1, -0.05) is 24.6 Å². The molecule has 0 aliphatic heterocycles. The summed E-state index contributed by atoms with van der Waals surface area (Å²) in [5.41, 5.74) is 0.849. The lowest BCUT2D eigenvalue weighted by Crippen LogP contribution is -2.27. The molecule has 1 aromatic rings. The van der Waals surface area contributed by atoms with Gasteiger partial charge in [-0.3, -0.25) is 0 Å². The van der Waals surface area contributed by atoms with Crippen molar-refractivity contribution in [2.45, 2.75) is 33.4 Å². The molecule has 0 aromatic heterocycles. The quantitative estimate of drug-likeness (QED) is 0.783. The first kappa shape index (κ1) is 15.8. The topological polar surface area (TPSA) is 47.6 Å². The molecule has 0 aliphatic carbocycles. The highest BCUT2D eigenvalue weighted by molar-refractivity contribution is 6.31. The molecule has 1 rings (SSSR count).